The number of carbonyl (C=O) groups excluding carboxylic acids is 3. The van der Waals surface area contributed by atoms with Crippen molar-refractivity contribution in [2.24, 2.45) is 0 Å². The van der Waals surface area contributed by atoms with Crippen LogP contribution in [-0.2, 0) is 11.4 Å². The molecule has 1 aromatic heterocycles. The summed E-state index contributed by atoms with van der Waals surface area (Å²) in [4.78, 5) is 39.4. The highest BCUT2D eigenvalue weighted by Gasteiger charge is 2.51. The van der Waals surface area contributed by atoms with E-state index in [1.54, 1.807) is 4.90 Å². The van der Waals surface area contributed by atoms with Crippen molar-refractivity contribution in [2.75, 3.05) is 20.1 Å². The number of rotatable bonds is 4. The molecule has 9 nitrogen and oxygen atoms in total. The fourth-order valence-corrected chi connectivity index (χ4v) is 3.51. The minimum Gasteiger partial charge on any atom is -0.486 e. The Morgan fingerprint density at radius 3 is 2.59 bits per heavy atom. The summed E-state index contributed by atoms with van der Waals surface area (Å²) in [6.45, 7) is 0.668. The monoisotopic (exact) mass is 402 g/mol. The number of likely N-dealkylation sites (tertiary alicyclic amines) is 1. The summed E-state index contributed by atoms with van der Waals surface area (Å²) < 4.78 is 23.5. The summed E-state index contributed by atoms with van der Waals surface area (Å²) in [5.74, 6) is -0.131. The first kappa shape index (κ1) is 18.9. The largest absolute Gasteiger partial charge is 0.486 e. The topological polar surface area (TPSA) is 105 Å². The molecule has 152 valence electrons. The number of urea groups is 1. The van der Waals surface area contributed by atoms with Crippen molar-refractivity contribution in [3.63, 3.8) is 0 Å². The van der Waals surface area contributed by atoms with E-state index in [9.17, 15) is 18.8 Å². The minimum atomic E-state index is -0.930. The van der Waals surface area contributed by atoms with Crippen LogP contribution in [0.4, 0.5) is 9.18 Å². The second-order valence-electron chi connectivity index (χ2n) is 7.09. The number of ether oxygens (including phenoxy) is 1. The third kappa shape index (κ3) is 3.53. The molecule has 10 heteroatoms. The number of piperidine rings is 1. The lowest BCUT2D eigenvalue weighted by atomic mass is 9.87. The third-order valence-corrected chi connectivity index (χ3v) is 5.24. The molecule has 29 heavy (non-hydrogen) atoms. The third-order valence-electron chi connectivity index (χ3n) is 5.24. The van der Waals surface area contributed by atoms with Crippen molar-refractivity contribution in [2.45, 2.75) is 25.0 Å². The van der Waals surface area contributed by atoms with Gasteiger partial charge >= 0.3 is 6.03 Å². The van der Waals surface area contributed by atoms with E-state index in [0.717, 1.165) is 4.90 Å². The SMILES string of the molecule is CN1C(=O)NC2(CCN(C(=O)c3cc(COc4ccc(F)cc4)on3)CC2)C1=O. The zero-order chi connectivity index (χ0) is 20.6. The first-order valence-corrected chi connectivity index (χ1v) is 9.11. The second-order valence-corrected chi connectivity index (χ2v) is 7.09. The van der Waals surface area contributed by atoms with Gasteiger partial charge in [-0.25, -0.2) is 9.18 Å². The standard InChI is InChI=1S/C19H19FN4O5/c1-23-17(26)19(21-18(23)27)6-8-24(9-7-19)16(25)15-10-14(29-22-15)11-28-13-4-2-12(20)3-5-13/h2-5,10H,6-9,11H2,1H3,(H,21,27). The van der Waals surface area contributed by atoms with Crippen LogP contribution in [0.5, 0.6) is 5.75 Å². The number of likely N-dealkylation sites (N-methyl/N-ethyl adjacent to an activating group) is 1. The molecule has 1 N–H and O–H groups in total. The first-order chi connectivity index (χ1) is 13.9. The second kappa shape index (κ2) is 7.19. The van der Waals surface area contributed by atoms with Crippen LogP contribution in [0.2, 0.25) is 0 Å². The number of amides is 4. The van der Waals surface area contributed by atoms with Gasteiger partial charge in [-0.2, -0.15) is 0 Å². The van der Waals surface area contributed by atoms with Crippen LogP contribution in [0.25, 0.3) is 0 Å². The summed E-state index contributed by atoms with van der Waals surface area (Å²) >= 11 is 0. The number of benzene rings is 1. The predicted octanol–water partition coefficient (Wildman–Crippen LogP) is 1.55. The maximum atomic E-state index is 12.9. The maximum Gasteiger partial charge on any atom is 0.324 e. The number of carbonyl (C=O) groups is 3. The number of halogens is 1. The molecule has 1 spiro atoms. The molecular formula is C19H19FN4O5. The molecule has 0 unspecified atom stereocenters. The molecule has 4 amide bonds. The van der Waals surface area contributed by atoms with E-state index < -0.39 is 11.6 Å². The lowest BCUT2D eigenvalue weighted by molar-refractivity contribution is -0.131. The molecule has 2 saturated heterocycles. The first-order valence-electron chi connectivity index (χ1n) is 9.11. The maximum absolute atomic E-state index is 12.9. The fraction of sp³-hybridized carbons (Fsp3) is 0.368. The lowest BCUT2D eigenvalue weighted by Crippen LogP contribution is -2.55. The molecular weight excluding hydrogens is 383 g/mol. The van der Waals surface area contributed by atoms with Crippen LogP contribution >= 0.6 is 0 Å². The van der Waals surface area contributed by atoms with Gasteiger partial charge in [-0.15, -0.1) is 0 Å². The summed E-state index contributed by atoms with van der Waals surface area (Å²) in [5.41, 5.74) is -0.793. The molecule has 0 radical (unpaired) electrons. The Balaban J connectivity index is 1.34. The molecule has 0 atom stereocenters. The van der Waals surface area contributed by atoms with Crippen LogP contribution in [0.1, 0.15) is 29.1 Å². The van der Waals surface area contributed by atoms with E-state index in [1.165, 1.54) is 37.4 Å². The van der Waals surface area contributed by atoms with Gasteiger partial charge in [0.1, 0.15) is 23.7 Å². The Hall–Kier alpha value is -3.43. The van der Waals surface area contributed by atoms with Crippen LogP contribution in [-0.4, -0.2) is 58.5 Å². The molecule has 1 aromatic carbocycles. The van der Waals surface area contributed by atoms with E-state index >= 15 is 0 Å². The van der Waals surface area contributed by atoms with Gasteiger partial charge < -0.3 is 19.5 Å². The number of nitrogens with one attached hydrogen (secondary N) is 1. The Bertz CT molecular complexity index is 950. The number of aromatic nitrogens is 1. The van der Waals surface area contributed by atoms with Gasteiger partial charge in [-0.3, -0.25) is 14.5 Å². The average Bonchev–Trinajstić information content (AvgIpc) is 3.28. The van der Waals surface area contributed by atoms with Gasteiger partial charge in [0, 0.05) is 26.2 Å². The summed E-state index contributed by atoms with van der Waals surface area (Å²) in [6.07, 6.45) is 0.679. The number of imide groups is 1. The van der Waals surface area contributed by atoms with E-state index in [4.69, 9.17) is 9.26 Å². The van der Waals surface area contributed by atoms with Crippen molar-refractivity contribution in [1.82, 2.24) is 20.3 Å². The smallest absolute Gasteiger partial charge is 0.324 e. The van der Waals surface area contributed by atoms with Crippen molar-refractivity contribution in [3.05, 3.63) is 47.6 Å². The quantitative estimate of drug-likeness (QED) is 0.778. The summed E-state index contributed by atoms with van der Waals surface area (Å²) in [5, 5.41) is 6.53. The zero-order valence-electron chi connectivity index (χ0n) is 15.7. The lowest BCUT2D eigenvalue weighted by Gasteiger charge is -2.36. The van der Waals surface area contributed by atoms with E-state index in [2.05, 4.69) is 10.5 Å². The molecule has 2 aromatic rings. The van der Waals surface area contributed by atoms with Crippen LogP contribution in [0, 0.1) is 5.82 Å². The van der Waals surface area contributed by atoms with Gasteiger partial charge in [0.15, 0.2) is 11.5 Å². The van der Waals surface area contributed by atoms with Crippen molar-refractivity contribution in [1.29, 1.82) is 0 Å². The van der Waals surface area contributed by atoms with Crippen LogP contribution in [0.15, 0.2) is 34.9 Å². The summed E-state index contributed by atoms with van der Waals surface area (Å²) in [6, 6.07) is 6.61. The van der Waals surface area contributed by atoms with E-state index in [-0.39, 0.29) is 29.9 Å². The highest BCUT2D eigenvalue weighted by atomic mass is 19.1. The molecule has 2 aliphatic heterocycles. The van der Waals surface area contributed by atoms with Gasteiger partial charge in [0.25, 0.3) is 11.8 Å². The van der Waals surface area contributed by atoms with Gasteiger partial charge in [0.2, 0.25) is 0 Å². The Labute approximate surface area is 165 Å². The Morgan fingerprint density at radius 1 is 1.28 bits per heavy atom. The highest BCUT2D eigenvalue weighted by Crippen LogP contribution is 2.29. The highest BCUT2D eigenvalue weighted by molar-refractivity contribution is 6.07. The van der Waals surface area contributed by atoms with Gasteiger partial charge in [-0.05, 0) is 37.1 Å². The average molecular weight is 402 g/mol. The van der Waals surface area contributed by atoms with Crippen molar-refractivity contribution < 1.29 is 28.0 Å². The van der Waals surface area contributed by atoms with Crippen LogP contribution in [0.3, 0.4) is 0 Å². The number of nitrogens with zero attached hydrogens (tertiary/aromatic N) is 3. The molecule has 2 fully saturated rings. The van der Waals surface area contributed by atoms with E-state index in [1.807, 2.05) is 0 Å². The molecule has 3 heterocycles. The Morgan fingerprint density at radius 2 is 1.97 bits per heavy atom. The fourth-order valence-electron chi connectivity index (χ4n) is 3.51. The summed E-state index contributed by atoms with van der Waals surface area (Å²) in [7, 11) is 1.44. The molecule has 0 saturated carbocycles. The van der Waals surface area contributed by atoms with Crippen LogP contribution < -0.4 is 10.1 Å². The normalized spacial score (nSPS) is 18.3. The van der Waals surface area contributed by atoms with Crippen molar-refractivity contribution in [3.8, 4) is 5.75 Å². The Kier molecular flexibility index (Phi) is 4.69. The molecule has 2 aliphatic rings. The van der Waals surface area contributed by atoms with Gasteiger partial charge in [0.05, 0.1) is 0 Å². The van der Waals surface area contributed by atoms with Gasteiger partial charge in [-0.1, -0.05) is 5.16 Å². The molecule has 0 bridgehead atoms. The molecule has 0 aliphatic carbocycles. The minimum absolute atomic E-state index is 0.0435. The number of hydrogen-bond acceptors (Lipinski definition) is 6. The van der Waals surface area contributed by atoms with E-state index in [0.29, 0.717) is 37.4 Å². The van der Waals surface area contributed by atoms with Crippen molar-refractivity contribution >= 4 is 17.8 Å². The molecule has 4 rings (SSSR count). The zero-order valence-corrected chi connectivity index (χ0v) is 15.7. The number of hydrogen-bond donors (Lipinski definition) is 1. The predicted molar refractivity (Wildman–Crippen MR) is 96.4 cm³/mol.